The van der Waals surface area contributed by atoms with Gasteiger partial charge in [0.2, 0.25) is 0 Å². The van der Waals surface area contributed by atoms with Gasteiger partial charge in [0.15, 0.2) is 4.77 Å². The summed E-state index contributed by atoms with van der Waals surface area (Å²) < 4.78 is 2.21. The second-order valence-corrected chi connectivity index (χ2v) is 9.39. The number of rotatable bonds is 3. The number of hydrogen-bond donors (Lipinski definition) is 2. The first-order valence-corrected chi connectivity index (χ1v) is 11.5. The van der Waals surface area contributed by atoms with Crippen molar-refractivity contribution in [3.05, 3.63) is 38.9 Å². The summed E-state index contributed by atoms with van der Waals surface area (Å²) >= 11 is 5.52. The highest BCUT2D eigenvalue weighted by Gasteiger charge is 2.28. The molecule has 0 spiro atoms. The molecule has 2 fully saturated rings. The van der Waals surface area contributed by atoms with Crippen molar-refractivity contribution in [2.45, 2.75) is 77.3 Å². The lowest BCUT2D eigenvalue weighted by molar-refractivity contribution is 0.0891. The third-order valence-electron chi connectivity index (χ3n) is 7.15. The summed E-state index contributed by atoms with van der Waals surface area (Å²) in [5.74, 6) is 1.02. The molecule has 2 saturated carbocycles. The maximum Gasteiger partial charge on any atom is 0.262 e. The zero-order valence-corrected chi connectivity index (χ0v) is 18.2. The molecule has 1 aromatic heterocycles. The van der Waals surface area contributed by atoms with Crippen molar-refractivity contribution in [1.29, 1.82) is 0 Å². The van der Waals surface area contributed by atoms with Gasteiger partial charge < -0.3 is 10.3 Å². The SMILES string of the molecule is C[C@@H]1[C@H](C)CCC[C@@H]1NC(=O)c1ccc2c(=O)n(C3CCCCC3)c(=S)[nH]c2c1. The zero-order valence-electron chi connectivity index (χ0n) is 17.4. The molecule has 2 aromatic rings. The van der Waals surface area contributed by atoms with Crippen LogP contribution in [0.25, 0.3) is 10.9 Å². The van der Waals surface area contributed by atoms with Gasteiger partial charge in [-0.15, -0.1) is 0 Å². The number of aromatic amines is 1. The van der Waals surface area contributed by atoms with E-state index in [9.17, 15) is 9.59 Å². The molecule has 0 unspecified atom stereocenters. The lowest BCUT2D eigenvalue weighted by Crippen LogP contribution is -2.43. The zero-order chi connectivity index (χ0) is 20.5. The minimum absolute atomic E-state index is 0.0441. The number of carbonyl (C=O) groups excluding carboxylic acids is 1. The third-order valence-corrected chi connectivity index (χ3v) is 7.45. The van der Waals surface area contributed by atoms with Gasteiger partial charge in [-0.1, -0.05) is 46.0 Å². The maximum atomic E-state index is 13.1. The average Bonchev–Trinajstić information content (AvgIpc) is 2.72. The quantitative estimate of drug-likeness (QED) is 0.687. The summed E-state index contributed by atoms with van der Waals surface area (Å²) in [6.45, 7) is 4.48. The molecule has 5 nitrogen and oxygen atoms in total. The molecule has 0 saturated heterocycles. The summed E-state index contributed by atoms with van der Waals surface area (Å²) in [6.07, 6.45) is 8.92. The molecule has 3 atom stereocenters. The Balaban J connectivity index is 1.62. The standard InChI is InChI=1S/C23H31N3O2S/c1-14-7-6-10-19(15(14)2)24-21(27)16-11-12-18-20(13-16)25-23(29)26(22(18)28)17-8-4-3-5-9-17/h11-15,17,19H,3-10H2,1-2H3,(H,24,27)(H,25,29)/t14-,15-,19+/m1/s1. The van der Waals surface area contributed by atoms with Gasteiger partial charge in [-0.25, -0.2) is 0 Å². The smallest absolute Gasteiger partial charge is 0.262 e. The Hall–Kier alpha value is -1.95. The summed E-state index contributed by atoms with van der Waals surface area (Å²) in [4.78, 5) is 29.2. The molecule has 0 bridgehead atoms. The first kappa shape index (κ1) is 20.3. The summed E-state index contributed by atoms with van der Waals surface area (Å²) in [5.41, 5.74) is 1.17. The van der Waals surface area contributed by atoms with Crippen LogP contribution in [0.5, 0.6) is 0 Å². The molecule has 156 valence electrons. The molecule has 29 heavy (non-hydrogen) atoms. The molecule has 2 aliphatic rings. The van der Waals surface area contributed by atoms with Crippen LogP contribution in [0.1, 0.15) is 81.6 Å². The van der Waals surface area contributed by atoms with Crippen LogP contribution in [0.3, 0.4) is 0 Å². The molecule has 1 aromatic carbocycles. The molecule has 2 N–H and O–H groups in total. The fraction of sp³-hybridized carbons (Fsp3) is 0.609. The van der Waals surface area contributed by atoms with Gasteiger partial charge in [-0.2, -0.15) is 0 Å². The van der Waals surface area contributed by atoms with Crippen molar-refractivity contribution in [3.8, 4) is 0 Å². The largest absolute Gasteiger partial charge is 0.349 e. The number of nitrogens with one attached hydrogen (secondary N) is 2. The predicted octanol–water partition coefficient (Wildman–Crippen LogP) is 5.12. The van der Waals surface area contributed by atoms with E-state index in [4.69, 9.17) is 12.2 Å². The fourth-order valence-corrected chi connectivity index (χ4v) is 5.42. The maximum absolute atomic E-state index is 13.1. The van der Waals surface area contributed by atoms with Gasteiger partial charge >= 0.3 is 0 Å². The van der Waals surface area contributed by atoms with E-state index in [-0.39, 0.29) is 23.6 Å². The van der Waals surface area contributed by atoms with Crippen LogP contribution in [-0.4, -0.2) is 21.5 Å². The van der Waals surface area contributed by atoms with Crippen LogP contribution >= 0.6 is 12.2 Å². The van der Waals surface area contributed by atoms with E-state index in [1.54, 1.807) is 22.8 Å². The van der Waals surface area contributed by atoms with E-state index in [1.807, 2.05) is 0 Å². The van der Waals surface area contributed by atoms with Crippen molar-refractivity contribution in [1.82, 2.24) is 14.9 Å². The Morgan fingerprint density at radius 3 is 2.62 bits per heavy atom. The molecule has 2 aliphatic carbocycles. The summed E-state index contributed by atoms with van der Waals surface area (Å²) in [7, 11) is 0. The topological polar surface area (TPSA) is 66.9 Å². The van der Waals surface area contributed by atoms with Gasteiger partial charge in [0, 0.05) is 17.6 Å². The lowest BCUT2D eigenvalue weighted by Gasteiger charge is -2.34. The van der Waals surface area contributed by atoms with E-state index < -0.39 is 0 Å². The van der Waals surface area contributed by atoms with E-state index in [0.717, 1.165) is 38.5 Å². The molecule has 6 heteroatoms. The lowest BCUT2D eigenvalue weighted by atomic mass is 9.78. The van der Waals surface area contributed by atoms with E-state index in [1.165, 1.54) is 12.8 Å². The van der Waals surface area contributed by atoms with Crippen molar-refractivity contribution in [3.63, 3.8) is 0 Å². The van der Waals surface area contributed by atoms with Gasteiger partial charge in [0.1, 0.15) is 0 Å². The fourth-order valence-electron chi connectivity index (χ4n) is 5.08. The van der Waals surface area contributed by atoms with Gasteiger partial charge in [0.05, 0.1) is 10.9 Å². The Morgan fingerprint density at radius 2 is 1.86 bits per heavy atom. The van der Waals surface area contributed by atoms with Crippen molar-refractivity contribution in [2.24, 2.45) is 11.8 Å². The third kappa shape index (κ3) is 4.04. The van der Waals surface area contributed by atoms with Crippen LogP contribution < -0.4 is 10.9 Å². The highest BCUT2D eigenvalue weighted by Crippen LogP contribution is 2.30. The molecule has 4 rings (SSSR count). The number of H-pyrrole nitrogens is 1. The first-order chi connectivity index (χ1) is 14.0. The predicted molar refractivity (Wildman–Crippen MR) is 119 cm³/mol. The number of fused-ring (bicyclic) bond motifs is 1. The Labute approximate surface area is 176 Å². The second-order valence-electron chi connectivity index (χ2n) is 9.00. The van der Waals surface area contributed by atoms with E-state index in [0.29, 0.717) is 33.1 Å². The van der Waals surface area contributed by atoms with Crippen molar-refractivity contribution in [2.75, 3.05) is 0 Å². The van der Waals surface area contributed by atoms with Gasteiger partial charge in [-0.3, -0.25) is 14.2 Å². The second kappa shape index (κ2) is 8.42. The van der Waals surface area contributed by atoms with Crippen LogP contribution in [0, 0.1) is 16.6 Å². The normalized spacial score (nSPS) is 25.8. The summed E-state index contributed by atoms with van der Waals surface area (Å²) in [5, 5.41) is 3.81. The molecule has 0 radical (unpaired) electrons. The molecular formula is C23H31N3O2S. The Bertz CT molecular complexity index is 1020. The number of amides is 1. The molecular weight excluding hydrogens is 382 g/mol. The summed E-state index contributed by atoms with van der Waals surface area (Å²) in [6, 6.07) is 5.69. The van der Waals surface area contributed by atoms with E-state index >= 15 is 0 Å². The number of hydrogen-bond acceptors (Lipinski definition) is 3. The Morgan fingerprint density at radius 1 is 1.10 bits per heavy atom. The number of aromatic nitrogens is 2. The minimum atomic E-state index is -0.0753. The van der Waals surface area contributed by atoms with Crippen molar-refractivity contribution < 1.29 is 4.79 Å². The molecule has 0 aliphatic heterocycles. The van der Waals surface area contributed by atoms with Crippen LogP contribution in [0.4, 0.5) is 0 Å². The Kier molecular flexibility index (Phi) is 5.91. The molecule has 1 heterocycles. The molecule has 1 amide bonds. The van der Waals surface area contributed by atoms with Gasteiger partial charge in [-0.05, 0) is 61.5 Å². The van der Waals surface area contributed by atoms with Crippen LogP contribution in [0.2, 0.25) is 0 Å². The van der Waals surface area contributed by atoms with Crippen molar-refractivity contribution >= 4 is 29.0 Å². The van der Waals surface area contributed by atoms with Crippen LogP contribution in [-0.2, 0) is 0 Å². The number of nitrogens with zero attached hydrogens (tertiary/aromatic N) is 1. The monoisotopic (exact) mass is 413 g/mol. The first-order valence-electron chi connectivity index (χ1n) is 11.0. The highest BCUT2D eigenvalue weighted by atomic mass is 32.1. The average molecular weight is 414 g/mol. The number of carbonyl (C=O) groups is 1. The number of benzene rings is 1. The minimum Gasteiger partial charge on any atom is -0.349 e. The van der Waals surface area contributed by atoms with E-state index in [2.05, 4.69) is 24.1 Å². The van der Waals surface area contributed by atoms with Crippen LogP contribution in [0.15, 0.2) is 23.0 Å². The van der Waals surface area contributed by atoms with Gasteiger partial charge in [0.25, 0.3) is 11.5 Å². The highest BCUT2D eigenvalue weighted by molar-refractivity contribution is 7.71.